The van der Waals surface area contributed by atoms with Gasteiger partial charge >= 0.3 is 0 Å². The lowest BCUT2D eigenvalue weighted by atomic mass is 10.0. The number of fused-ring (bicyclic) bond motifs is 1. The quantitative estimate of drug-likeness (QED) is 0.893. The third-order valence-electron chi connectivity index (χ3n) is 3.39. The van der Waals surface area contributed by atoms with E-state index in [1.165, 1.54) is 11.8 Å². The van der Waals surface area contributed by atoms with E-state index in [1.54, 1.807) is 24.3 Å². The maximum Gasteiger partial charge on any atom is 0.240 e. The summed E-state index contributed by atoms with van der Waals surface area (Å²) in [5.74, 6) is 0.591. The molecule has 0 bridgehead atoms. The van der Waals surface area contributed by atoms with Gasteiger partial charge in [0.1, 0.15) is 5.76 Å². The largest absolute Gasteiger partial charge is 0.468 e. The molecule has 0 saturated carbocycles. The van der Waals surface area contributed by atoms with Crippen LogP contribution in [0.2, 0.25) is 0 Å². The molecule has 1 aliphatic rings. The molecule has 1 aliphatic heterocycles. The van der Waals surface area contributed by atoms with Gasteiger partial charge in [0.15, 0.2) is 0 Å². The van der Waals surface area contributed by atoms with Gasteiger partial charge < -0.3 is 9.73 Å². The molecule has 2 aromatic rings. The molecular formula is C14H16N2O3S. The van der Waals surface area contributed by atoms with Crippen LogP contribution in [0, 0.1) is 0 Å². The molecule has 2 heterocycles. The second-order valence-corrected chi connectivity index (χ2v) is 6.53. The van der Waals surface area contributed by atoms with Crippen LogP contribution in [-0.4, -0.2) is 15.0 Å². The molecule has 0 fully saturated rings. The summed E-state index contributed by atoms with van der Waals surface area (Å²) in [6.07, 6.45) is 2.46. The lowest BCUT2D eigenvalue weighted by molar-refractivity contribution is 0.498. The van der Waals surface area contributed by atoms with Crippen LogP contribution in [0.25, 0.3) is 0 Å². The fourth-order valence-corrected chi connectivity index (χ4v) is 3.33. The average Bonchev–Trinajstić information content (AvgIpc) is 2.98. The summed E-state index contributed by atoms with van der Waals surface area (Å²) in [4.78, 5) is 0.298. The Morgan fingerprint density at radius 1 is 1.25 bits per heavy atom. The summed E-state index contributed by atoms with van der Waals surface area (Å²) in [7, 11) is -3.51. The van der Waals surface area contributed by atoms with Crippen molar-refractivity contribution in [2.24, 2.45) is 0 Å². The van der Waals surface area contributed by atoms with Crippen molar-refractivity contribution in [2.75, 3.05) is 6.54 Å². The Kier molecular flexibility index (Phi) is 3.60. The molecule has 0 unspecified atom stereocenters. The first kappa shape index (κ1) is 13.4. The van der Waals surface area contributed by atoms with E-state index in [2.05, 4.69) is 10.0 Å². The molecule has 3 rings (SSSR count). The van der Waals surface area contributed by atoms with Gasteiger partial charge in [-0.1, -0.05) is 6.07 Å². The number of benzene rings is 1. The predicted molar refractivity (Wildman–Crippen MR) is 74.6 cm³/mol. The predicted octanol–water partition coefficient (Wildman–Crippen LogP) is 1.40. The van der Waals surface area contributed by atoms with E-state index in [0.717, 1.165) is 25.1 Å². The van der Waals surface area contributed by atoms with Crippen LogP contribution in [0.4, 0.5) is 0 Å². The topological polar surface area (TPSA) is 71.3 Å². The van der Waals surface area contributed by atoms with Crippen LogP contribution in [0.5, 0.6) is 0 Å². The van der Waals surface area contributed by atoms with Crippen molar-refractivity contribution in [3.63, 3.8) is 0 Å². The molecule has 2 N–H and O–H groups in total. The van der Waals surface area contributed by atoms with E-state index < -0.39 is 10.0 Å². The first-order valence-electron chi connectivity index (χ1n) is 6.50. The molecule has 0 aliphatic carbocycles. The SMILES string of the molecule is O=S(=O)(NCc1ccco1)c1ccc2c(c1)CNCC2. The minimum absolute atomic E-state index is 0.157. The third-order valence-corrected chi connectivity index (χ3v) is 4.79. The van der Waals surface area contributed by atoms with Gasteiger partial charge in [-0.05, 0) is 48.4 Å². The van der Waals surface area contributed by atoms with E-state index >= 15 is 0 Å². The van der Waals surface area contributed by atoms with Gasteiger partial charge in [0, 0.05) is 6.54 Å². The molecule has 6 heteroatoms. The first-order chi connectivity index (χ1) is 9.65. The van der Waals surface area contributed by atoms with Gasteiger partial charge in [-0.25, -0.2) is 13.1 Å². The molecule has 0 amide bonds. The molecule has 1 aromatic carbocycles. The van der Waals surface area contributed by atoms with Gasteiger partial charge in [0.25, 0.3) is 0 Å². The summed E-state index contributed by atoms with van der Waals surface area (Å²) in [5.41, 5.74) is 2.27. The number of rotatable bonds is 4. The molecule has 0 saturated heterocycles. The number of furan rings is 1. The Labute approximate surface area is 118 Å². The highest BCUT2D eigenvalue weighted by Gasteiger charge is 2.17. The lowest BCUT2D eigenvalue weighted by Crippen LogP contribution is -2.26. The highest BCUT2D eigenvalue weighted by molar-refractivity contribution is 7.89. The number of sulfonamides is 1. The van der Waals surface area contributed by atoms with E-state index in [1.807, 2.05) is 6.07 Å². The van der Waals surface area contributed by atoms with Crippen molar-refractivity contribution in [2.45, 2.75) is 24.4 Å². The number of nitrogens with one attached hydrogen (secondary N) is 2. The van der Waals surface area contributed by atoms with Crippen molar-refractivity contribution >= 4 is 10.0 Å². The summed E-state index contributed by atoms with van der Waals surface area (Å²) in [6.45, 7) is 1.82. The van der Waals surface area contributed by atoms with Crippen molar-refractivity contribution in [3.05, 3.63) is 53.5 Å². The monoisotopic (exact) mass is 292 g/mol. The zero-order valence-corrected chi connectivity index (χ0v) is 11.7. The fraction of sp³-hybridized carbons (Fsp3) is 0.286. The van der Waals surface area contributed by atoms with Crippen LogP contribution in [-0.2, 0) is 29.5 Å². The maximum absolute atomic E-state index is 12.2. The number of hydrogen-bond donors (Lipinski definition) is 2. The second-order valence-electron chi connectivity index (χ2n) is 4.76. The molecule has 5 nitrogen and oxygen atoms in total. The standard InChI is InChI=1S/C14H16N2O3S/c17-20(18,16-10-13-2-1-7-19-13)14-4-3-11-5-6-15-9-12(11)8-14/h1-4,7-8,15-16H,5-6,9-10H2. The normalized spacial score (nSPS) is 15.0. The second kappa shape index (κ2) is 5.40. The van der Waals surface area contributed by atoms with Crippen molar-refractivity contribution < 1.29 is 12.8 Å². The van der Waals surface area contributed by atoms with E-state index in [9.17, 15) is 8.42 Å². The molecular weight excluding hydrogens is 276 g/mol. The summed E-state index contributed by atoms with van der Waals surface area (Å²) >= 11 is 0. The fourth-order valence-electron chi connectivity index (χ4n) is 2.29. The Bertz CT molecular complexity index is 693. The first-order valence-corrected chi connectivity index (χ1v) is 7.98. The Morgan fingerprint density at radius 3 is 2.95 bits per heavy atom. The Hall–Kier alpha value is -1.63. The van der Waals surface area contributed by atoms with Gasteiger partial charge in [0.2, 0.25) is 10.0 Å². The third kappa shape index (κ3) is 2.77. The van der Waals surface area contributed by atoms with E-state index in [4.69, 9.17) is 4.42 Å². The summed E-state index contributed by atoms with van der Waals surface area (Å²) in [6, 6.07) is 8.77. The van der Waals surface area contributed by atoms with Crippen LogP contribution in [0.1, 0.15) is 16.9 Å². The minimum Gasteiger partial charge on any atom is -0.468 e. The molecule has 20 heavy (non-hydrogen) atoms. The molecule has 0 spiro atoms. The van der Waals surface area contributed by atoms with Gasteiger partial charge in [0.05, 0.1) is 17.7 Å². The lowest BCUT2D eigenvalue weighted by Gasteiger charge is -2.17. The highest BCUT2D eigenvalue weighted by atomic mass is 32.2. The van der Waals surface area contributed by atoms with Crippen LogP contribution in [0.3, 0.4) is 0 Å². The molecule has 1 aromatic heterocycles. The van der Waals surface area contributed by atoms with Crippen molar-refractivity contribution in [1.29, 1.82) is 0 Å². The zero-order chi connectivity index (χ0) is 14.0. The van der Waals surface area contributed by atoms with Crippen LogP contribution in [0.15, 0.2) is 45.9 Å². The van der Waals surface area contributed by atoms with E-state index in [-0.39, 0.29) is 6.54 Å². The molecule has 106 valence electrons. The molecule has 0 radical (unpaired) electrons. The summed E-state index contributed by atoms with van der Waals surface area (Å²) < 4.78 is 32.1. The number of hydrogen-bond acceptors (Lipinski definition) is 4. The maximum atomic E-state index is 12.2. The van der Waals surface area contributed by atoms with E-state index in [0.29, 0.717) is 10.7 Å². The smallest absolute Gasteiger partial charge is 0.240 e. The Morgan fingerprint density at radius 2 is 2.15 bits per heavy atom. The van der Waals surface area contributed by atoms with Crippen LogP contribution >= 0.6 is 0 Å². The van der Waals surface area contributed by atoms with Crippen molar-refractivity contribution in [1.82, 2.24) is 10.0 Å². The minimum atomic E-state index is -3.51. The Balaban J connectivity index is 1.80. The highest BCUT2D eigenvalue weighted by Crippen LogP contribution is 2.19. The van der Waals surface area contributed by atoms with Crippen molar-refractivity contribution in [3.8, 4) is 0 Å². The summed E-state index contributed by atoms with van der Waals surface area (Å²) in [5, 5.41) is 3.24. The van der Waals surface area contributed by atoms with Gasteiger partial charge in [-0.2, -0.15) is 0 Å². The molecule has 0 atom stereocenters. The zero-order valence-electron chi connectivity index (χ0n) is 10.9. The van der Waals surface area contributed by atoms with Gasteiger partial charge in [-0.3, -0.25) is 0 Å². The average molecular weight is 292 g/mol. The van der Waals surface area contributed by atoms with Crippen LogP contribution < -0.4 is 10.0 Å². The van der Waals surface area contributed by atoms with Gasteiger partial charge in [-0.15, -0.1) is 0 Å².